The largest absolute Gasteiger partial charge is 0.294 e. The summed E-state index contributed by atoms with van der Waals surface area (Å²) in [5.41, 5.74) is 2.06. The van der Waals surface area contributed by atoms with Crippen LogP contribution in [0.2, 0.25) is 0 Å². The van der Waals surface area contributed by atoms with E-state index in [1.54, 1.807) is 36.4 Å². The van der Waals surface area contributed by atoms with E-state index in [9.17, 15) is 14.4 Å². The minimum Gasteiger partial charge on any atom is -0.294 e. The van der Waals surface area contributed by atoms with Gasteiger partial charge in [0.25, 0.3) is 0 Å². The quantitative estimate of drug-likeness (QED) is 0.675. The zero-order chi connectivity index (χ0) is 15.1. The third kappa shape index (κ3) is 1.78. The lowest BCUT2D eigenvalue weighted by Gasteiger charge is -2.20. The van der Waals surface area contributed by atoms with E-state index in [4.69, 9.17) is 0 Å². The second kappa shape index (κ2) is 4.63. The van der Waals surface area contributed by atoms with E-state index >= 15 is 0 Å². The van der Waals surface area contributed by atoms with Crippen LogP contribution in [0.3, 0.4) is 0 Å². The maximum absolute atomic E-state index is 12.7. The van der Waals surface area contributed by atoms with Gasteiger partial charge < -0.3 is 0 Å². The Balaban J connectivity index is 2.41. The van der Waals surface area contributed by atoms with Crippen molar-refractivity contribution in [3.8, 4) is 0 Å². The van der Waals surface area contributed by atoms with Gasteiger partial charge in [0.1, 0.15) is 0 Å². The van der Waals surface area contributed by atoms with Gasteiger partial charge >= 0.3 is 0 Å². The van der Waals surface area contributed by atoms with Crippen molar-refractivity contribution < 1.29 is 14.4 Å². The third-order valence-corrected chi connectivity index (χ3v) is 3.70. The summed E-state index contributed by atoms with van der Waals surface area (Å²) in [7, 11) is 0. The molecule has 0 saturated heterocycles. The van der Waals surface area contributed by atoms with Crippen LogP contribution in [0.25, 0.3) is 6.08 Å². The summed E-state index contributed by atoms with van der Waals surface area (Å²) in [4.78, 5) is 37.2. The number of hydrogen-bond donors (Lipinski definition) is 0. The molecule has 2 aromatic carbocycles. The molecular formula is C18H12O3. The highest BCUT2D eigenvalue weighted by molar-refractivity contribution is 6.31. The Morgan fingerprint density at radius 1 is 0.952 bits per heavy atom. The molecule has 3 rings (SSSR count). The molecule has 0 atom stereocenters. The smallest absolute Gasteiger partial charge is 0.195 e. The van der Waals surface area contributed by atoms with Crippen LogP contribution in [-0.4, -0.2) is 17.3 Å². The molecule has 1 aliphatic carbocycles. The lowest BCUT2D eigenvalue weighted by atomic mass is 9.79. The van der Waals surface area contributed by atoms with Crippen LogP contribution in [0.15, 0.2) is 43.0 Å². The zero-order valence-corrected chi connectivity index (χ0v) is 11.5. The fourth-order valence-electron chi connectivity index (χ4n) is 2.75. The summed E-state index contributed by atoms with van der Waals surface area (Å²) in [5.74, 6) is -0.755. The van der Waals surface area contributed by atoms with Crippen LogP contribution < -0.4 is 0 Å². The predicted octanol–water partition coefficient (Wildman–Crippen LogP) is 3.31. The molecular weight excluding hydrogens is 264 g/mol. The van der Waals surface area contributed by atoms with E-state index in [1.807, 2.05) is 0 Å². The lowest BCUT2D eigenvalue weighted by Crippen LogP contribution is -2.24. The Bertz CT molecular complexity index is 828. The molecule has 0 radical (unpaired) electrons. The summed E-state index contributed by atoms with van der Waals surface area (Å²) in [6.45, 7) is 5.05. The second-order valence-electron chi connectivity index (χ2n) is 4.92. The van der Waals surface area contributed by atoms with Gasteiger partial charge in [-0.25, -0.2) is 0 Å². The van der Waals surface area contributed by atoms with Crippen molar-refractivity contribution in [1.82, 2.24) is 0 Å². The molecule has 3 nitrogen and oxygen atoms in total. The standard InChI is InChI=1S/C18H12O3/c1-3-11-8-9-14-16(15(11)10(2)19)18(21)13-7-5-4-6-12(13)17(14)20/h3-9H,1H2,2H3. The highest BCUT2D eigenvalue weighted by Gasteiger charge is 2.33. The van der Waals surface area contributed by atoms with Gasteiger partial charge in [0.15, 0.2) is 17.3 Å². The molecule has 102 valence electrons. The molecule has 3 heteroatoms. The van der Waals surface area contributed by atoms with Crippen molar-refractivity contribution in [2.24, 2.45) is 0 Å². The summed E-state index contributed by atoms with van der Waals surface area (Å²) in [6, 6.07) is 9.92. The molecule has 0 spiro atoms. The summed E-state index contributed by atoms with van der Waals surface area (Å²) in [5, 5.41) is 0. The first-order chi connectivity index (χ1) is 10.1. The molecule has 0 aromatic heterocycles. The molecule has 0 saturated carbocycles. The van der Waals surface area contributed by atoms with Gasteiger partial charge in [-0.15, -0.1) is 0 Å². The zero-order valence-electron chi connectivity index (χ0n) is 11.5. The van der Waals surface area contributed by atoms with Crippen molar-refractivity contribution in [1.29, 1.82) is 0 Å². The van der Waals surface area contributed by atoms with Gasteiger partial charge in [-0.05, 0) is 18.6 Å². The van der Waals surface area contributed by atoms with Crippen molar-refractivity contribution in [3.63, 3.8) is 0 Å². The topological polar surface area (TPSA) is 51.2 Å². The Morgan fingerprint density at radius 2 is 1.57 bits per heavy atom. The number of rotatable bonds is 2. The first kappa shape index (κ1) is 13.2. The SMILES string of the molecule is C=Cc1ccc2c(c1C(C)=O)C(=O)c1ccccc1C2=O. The van der Waals surface area contributed by atoms with Crippen LogP contribution >= 0.6 is 0 Å². The number of hydrogen-bond acceptors (Lipinski definition) is 3. The Hall–Kier alpha value is -2.81. The Kier molecular flexibility index (Phi) is 2.91. The first-order valence-electron chi connectivity index (χ1n) is 6.55. The first-order valence-corrected chi connectivity index (χ1v) is 6.55. The molecule has 0 aliphatic heterocycles. The van der Waals surface area contributed by atoms with Gasteiger partial charge in [-0.1, -0.05) is 43.0 Å². The van der Waals surface area contributed by atoms with Gasteiger partial charge in [-0.2, -0.15) is 0 Å². The molecule has 0 amide bonds. The minimum atomic E-state index is -0.283. The minimum absolute atomic E-state index is 0.198. The Labute approximate surface area is 121 Å². The van der Waals surface area contributed by atoms with E-state index in [0.29, 0.717) is 16.7 Å². The van der Waals surface area contributed by atoms with Crippen LogP contribution in [0.5, 0.6) is 0 Å². The van der Waals surface area contributed by atoms with E-state index in [2.05, 4.69) is 6.58 Å². The summed E-state index contributed by atoms with van der Waals surface area (Å²) in [6.07, 6.45) is 1.52. The Morgan fingerprint density at radius 3 is 2.14 bits per heavy atom. The van der Waals surface area contributed by atoms with E-state index in [1.165, 1.54) is 13.0 Å². The average Bonchev–Trinajstić information content (AvgIpc) is 2.51. The van der Waals surface area contributed by atoms with E-state index in [-0.39, 0.29) is 34.0 Å². The molecule has 0 fully saturated rings. The number of ketones is 3. The number of fused-ring (bicyclic) bond motifs is 2. The lowest BCUT2D eigenvalue weighted by molar-refractivity contribution is 0.0967. The summed E-state index contributed by atoms with van der Waals surface area (Å²) < 4.78 is 0. The predicted molar refractivity (Wildman–Crippen MR) is 79.8 cm³/mol. The van der Waals surface area contributed by atoms with Crippen molar-refractivity contribution >= 4 is 23.4 Å². The van der Waals surface area contributed by atoms with Gasteiger partial charge in [-0.3, -0.25) is 14.4 Å². The highest BCUT2D eigenvalue weighted by Crippen LogP contribution is 2.31. The molecule has 0 N–H and O–H groups in total. The molecule has 0 unspecified atom stereocenters. The van der Waals surface area contributed by atoms with Crippen molar-refractivity contribution in [2.45, 2.75) is 6.92 Å². The number of benzene rings is 2. The van der Waals surface area contributed by atoms with Crippen LogP contribution in [-0.2, 0) is 0 Å². The normalized spacial score (nSPS) is 12.6. The fraction of sp³-hybridized carbons (Fsp3) is 0.0556. The number of carbonyl (C=O) groups is 3. The summed E-state index contributed by atoms with van der Waals surface area (Å²) >= 11 is 0. The highest BCUT2D eigenvalue weighted by atomic mass is 16.1. The van der Waals surface area contributed by atoms with Crippen LogP contribution in [0.4, 0.5) is 0 Å². The molecule has 21 heavy (non-hydrogen) atoms. The number of Topliss-reactive ketones (excluding diaryl/α,β-unsaturated/α-hetero) is 1. The number of carbonyl (C=O) groups excluding carboxylic acids is 3. The van der Waals surface area contributed by atoms with Crippen LogP contribution in [0.1, 0.15) is 54.7 Å². The monoisotopic (exact) mass is 276 g/mol. The maximum Gasteiger partial charge on any atom is 0.195 e. The fourth-order valence-corrected chi connectivity index (χ4v) is 2.75. The second-order valence-corrected chi connectivity index (χ2v) is 4.92. The molecule has 2 aromatic rings. The average molecular weight is 276 g/mol. The maximum atomic E-state index is 12.7. The molecule has 1 aliphatic rings. The van der Waals surface area contributed by atoms with Gasteiger partial charge in [0, 0.05) is 27.8 Å². The molecule has 0 bridgehead atoms. The van der Waals surface area contributed by atoms with E-state index in [0.717, 1.165) is 0 Å². The van der Waals surface area contributed by atoms with Gasteiger partial charge in [0.05, 0.1) is 0 Å². The molecule has 0 heterocycles. The van der Waals surface area contributed by atoms with Crippen molar-refractivity contribution in [3.05, 3.63) is 76.4 Å². The third-order valence-electron chi connectivity index (χ3n) is 3.70. The van der Waals surface area contributed by atoms with Crippen molar-refractivity contribution in [2.75, 3.05) is 0 Å². The van der Waals surface area contributed by atoms with E-state index < -0.39 is 0 Å². The van der Waals surface area contributed by atoms with Gasteiger partial charge in [0.2, 0.25) is 0 Å². The van der Waals surface area contributed by atoms with Crippen LogP contribution in [0, 0.1) is 0 Å².